The summed E-state index contributed by atoms with van der Waals surface area (Å²) >= 11 is 0. The van der Waals surface area contributed by atoms with Gasteiger partial charge < -0.3 is 5.32 Å². The third-order valence-corrected chi connectivity index (χ3v) is 21.7. The highest BCUT2D eigenvalue weighted by atomic mass is 16.1. The number of aryl methyl sites for hydroxylation is 1. The van der Waals surface area contributed by atoms with Crippen LogP contribution in [0.4, 0.5) is 5.69 Å². The van der Waals surface area contributed by atoms with Gasteiger partial charge in [0.1, 0.15) is 0 Å². The molecule has 1 fully saturated rings. The number of likely N-dealkylation sites (tertiary alicyclic amines) is 1. The van der Waals surface area contributed by atoms with Gasteiger partial charge in [0.25, 0.3) is 5.91 Å². The summed E-state index contributed by atoms with van der Waals surface area (Å²) in [5.41, 5.74) is 27.0. The Kier molecular flexibility index (Phi) is 4.45. The van der Waals surface area contributed by atoms with Gasteiger partial charge in [-0.05, 0) is 253 Å². The van der Waals surface area contributed by atoms with Crippen LogP contribution in [0, 0.1) is 18.8 Å². The Morgan fingerprint density at radius 1 is 0.583 bits per heavy atom. The largest absolute Gasteiger partial charge is 0.322 e. The van der Waals surface area contributed by atoms with Crippen LogP contribution in [-0.2, 0) is 10.8 Å². The second-order valence-corrected chi connectivity index (χ2v) is 22.8. The Morgan fingerprint density at radius 3 is 1.92 bits per heavy atom. The molecular weight excluding hydrogens is 729 g/mol. The second-order valence-electron chi connectivity index (χ2n) is 22.8. The van der Waals surface area contributed by atoms with Crippen LogP contribution in [-0.4, -0.2) is 24.4 Å². The topological polar surface area (TPSA) is 32.3 Å². The van der Waals surface area contributed by atoms with E-state index in [9.17, 15) is 4.79 Å². The molecule has 1 saturated heterocycles. The summed E-state index contributed by atoms with van der Waals surface area (Å²) < 4.78 is 0. The minimum absolute atomic E-state index is 0.0205. The van der Waals surface area contributed by atoms with E-state index in [1.54, 1.807) is 16.2 Å². The van der Waals surface area contributed by atoms with Crippen molar-refractivity contribution in [1.29, 1.82) is 0 Å². The molecule has 1 aliphatic heterocycles. The number of likely N-dealkylation sites (N-methyl/N-ethyl adjacent to an activating group) is 1. The van der Waals surface area contributed by atoms with E-state index in [0.717, 1.165) is 35.5 Å². The van der Waals surface area contributed by atoms with Crippen molar-refractivity contribution in [3.63, 3.8) is 0 Å². The Bertz CT molecular complexity index is 3350. The highest BCUT2D eigenvalue weighted by molar-refractivity contribution is 6.39. The highest BCUT2D eigenvalue weighted by Gasteiger charge is 2.74. The number of rotatable bonds is 3. The molecule has 3 heteroatoms. The summed E-state index contributed by atoms with van der Waals surface area (Å²) in [6, 6.07) is 17.5. The number of anilines is 1. The van der Waals surface area contributed by atoms with Crippen LogP contribution in [0.15, 0.2) is 60.7 Å². The summed E-state index contributed by atoms with van der Waals surface area (Å²) in [5.74, 6) is 7.05. The maximum absolute atomic E-state index is 13.7. The fourth-order valence-corrected chi connectivity index (χ4v) is 20.8. The number of nitrogens with zero attached hydrogens (tertiary/aromatic N) is 1. The average molecular weight is 775 g/mol. The number of allylic oxidation sites excluding steroid dienone is 2. The molecule has 1 N–H and O–H groups in total. The van der Waals surface area contributed by atoms with E-state index < -0.39 is 0 Å². The van der Waals surface area contributed by atoms with Gasteiger partial charge in [-0.15, -0.1) is 0 Å². The molecule has 290 valence electrons. The number of benzene rings is 6. The van der Waals surface area contributed by atoms with Gasteiger partial charge in [0.2, 0.25) is 0 Å². The molecule has 19 rings (SSSR count). The number of amides is 1. The lowest BCUT2D eigenvalue weighted by Gasteiger charge is -2.51. The lowest BCUT2D eigenvalue weighted by Crippen LogP contribution is -2.50. The summed E-state index contributed by atoms with van der Waals surface area (Å²) in [6.45, 7) is 3.25. The van der Waals surface area contributed by atoms with Gasteiger partial charge in [-0.3, -0.25) is 9.69 Å². The molecule has 6 aromatic carbocycles. The number of hydrogen-bond donors (Lipinski definition) is 1. The highest BCUT2D eigenvalue weighted by Crippen LogP contribution is 2.85. The molecule has 13 unspecified atom stereocenters. The SMILES string of the molecule is Cc1ccc(NC(=O)c2ccc(C3N(C)CC45CCC6c7c8c9c%10c(c74)c4c7c%11c%12c%13c%14c%15c%16c(c-9c%14c%11%10)C9C(C=CC6C89)C%16CCC%15C%13CCC%12C7CCC435)cc2)cc1. The maximum atomic E-state index is 13.7. The van der Waals surface area contributed by atoms with Crippen molar-refractivity contribution in [2.24, 2.45) is 11.8 Å². The molecule has 13 atom stereocenters. The lowest BCUT2D eigenvalue weighted by atomic mass is 9.50. The zero-order valence-electron chi connectivity index (χ0n) is 34.3. The van der Waals surface area contributed by atoms with Crippen LogP contribution in [0.3, 0.4) is 0 Å². The van der Waals surface area contributed by atoms with Crippen LogP contribution in [0.1, 0.15) is 182 Å². The Hall–Kier alpha value is -4.73. The number of carbonyl (C=O) groups is 1. The van der Waals surface area contributed by atoms with E-state index in [-0.39, 0.29) is 16.7 Å². The predicted octanol–water partition coefficient (Wildman–Crippen LogP) is 12.6. The summed E-state index contributed by atoms with van der Waals surface area (Å²) in [5, 5.41) is 14.0. The molecule has 60 heavy (non-hydrogen) atoms. The Balaban J connectivity index is 0.940. The first-order valence-electron chi connectivity index (χ1n) is 24.1. The van der Waals surface area contributed by atoms with E-state index in [2.05, 4.69) is 72.7 Å². The molecule has 1 amide bonds. The molecule has 3 nitrogen and oxygen atoms in total. The number of hydrogen-bond acceptors (Lipinski definition) is 2. The second kappa shape index (κ2) is 8.80. The van der Waals surface area contributed by atoms with Gasteiger partial charge >= 0.3 is 0 Å². The first kappa shape index (κ1) is 30.3. The van der Waals surface area contributed by atoms with Crippen LogP contribution >= 0.6 is 0 Å². The van der Waals surface area contributed by atoms with Gasteiger partial charge in [0.05, 0.1) is 0 Å². The first-order chi connectivity index (χ1) is 29.5. The van der Waals surface area contributed by atoms with E-state index in [1.807, 2.05) is 95.1 Å². The molecule has 6 aromatic rings. The van der Waals surface area contributed by atoms with Gasteiger partial charge in [-0.1, -0.05) is 42.0 Å². The third kappa shape index (κ3) is 2.56. The maximum Gasteiger partial charge on any atom is 0.255 e. The van der Waals surface area contributed by atoms with Crippen molar-refractivity contribution in [3.05, 3.63) is 133 Å². The van der Waals surface area contributed by atoms with Gasteiger partial charge in [0.15, 0.2) is 0 Å². The number of carbonyl (C=O) groups excluding carboxylic acids is 1. The van der Waals surface area contributed by atoms with Crippen molar-refractivity contribution >= 4 is 43.9 Å². The summed E-state index contributed by atoms with van der Waals surface area (Å²) in [4.78, 5) is 16.5. The molecule has 12 aliphatic carbocycles. The smallest absolute Gasteiger partial charge is 0.255 e. The Labute approximate surface area is 349 Å². The van der Waals surface area contributed by atoms with E-state index in [4.69, 9.17) is 0 Å². The zero-order valence-corrected chi connectivity index (χ0v) is 34.3. The zero-order chi connectivity index (χ0) is 38.3. The molecule has 0 aromatic heterocycles. The van der Waals surface area contributed by atoms with E-state index in [0.29, 0.717) is 47.5 Å². The van der Waals surface area contributed by atoms with Gasteiger partial charge in [-0.25, -0.2) is 0 Å². The van der Waals surface area contributed by atoms with Crippen molar-refractivity contribution in [1.82, 2.24) is 4.90 Å². The normalized spacial score (nSPS) is 39.5. The van der Waals surface area contributed by atoms with Crippen LogP contribution in [0.25, 0.3) is 43.4 Å². The monoisotopic (exact) mass is 774 g/mol. The minimum Gasteiger partial charge on any atom is -0.322 e. The molecular formula is C57H46N2O. The quantitative estimate of drug-likeness (QED) is 0.143. The lowest BCUT2D eigenvalue weighted by molar-refractivity contribution is 0.102. The van der Waals surface area contributed by atoms with Crippen molar-refractivity contribution in [2.75, 3.05) is 18.9 Å². The van der Waals surface area contributed by atoms with Gasteiger partial charge in [-0.2, -0.15) is 0 Å². The van der Waals surface area contributed by atoms with Crippen LogP contribution in [0.2, 0.25) is 0 Å². The van der Waals surface area contributed by atoms with Crippen LogP contribution < -0.4 is 5.32 Å². The molecule has 0 radical (unpaired) electrons. The van der Waals surface area contributed by atoms with E-state index >= 15 is 0 Å². The predicted molar refractivity (Wildman–Crippen MR) is 237 cm³/mol. The first-order valence-corrected chi connectivity index (χ1v) is 24.1. The van der Waals surface area contributed by atoms with Crippen molar-refractivity contribution in [3.8, 4) is 11.1 Å². The van der Waals surface area contributed by atoms with Crippen molar-refractivity contribution in [2.45, 2.75) is 123 Å². The molecule has 0 bridgehead atoms. The van der Waals surface area contributed by atoms with Crippen LogP contribution in [0.5, 0.6) is 0 Å². The standard InChI is InChI=1S/C57H46N2O/c1-22-3-9-25(10-4-22)58-55(60)24-7-5-23(6-8-24)54-57-20-18-33-31-16-14-29-27-12-11-26-28-13-15-30-32-17-19-56(57,21-59(54)2)52-40(32)44-38(30)36(28)42-34(26)35(27)43-37(29)39(31)45-41(33)53(57)51(52)50-48(44)46(42)47(43)49(45)50/h3-10,13,15,26-33,36,38,54H,11-12,14,16-21H2,1-2H3,(H,58,60). The fourth-order valence-electron chi connectivity index (χ4n) is 20.8. The molecule has 13 aliphatic rings. The number of nitrogens with one attached hydrogen (secondary N) is 1. The third-order valence-electron chi connectivity index (χ3n) is 21.7. The average Bonchev–Trinajstić information content (AvgIpc) is 4.11. The van der Waals surface area contributed by atoms with E-state index in [1.165, 1.54) is 62.5 Å². The fraction of sp³-hybridized carbons (Fsp3) is 0.421. The molecule has 0 saturated carbocycles. The van der Waals surface area contributed by atoms with Crippen molar-refractivity contribution < 1.29 is 4.79 Å². The van der Waals surface area contributed by atoms with Gasteiger partial charge in [0, 0.05) is 34.7 Å². The molecule has 2 spiro atoms. The Morgan fingerprint density at radius 2 is 1.18 bits per heavy atom. The number of fused-ring (bicyclic) bond motifs is 4. The summed E-state index contributed by atoms with van der Waals surface area (Å²) in [6.07, 6.45) is 16.6. The summed E-state index contributed by atoms with van der Waals surface area (Å²) in [7, 11) is 2.49. The minimum atomic E-state index is -0.0205. The molecule has 1 heterocycles.